The van der Waals surface area contributed by atoms with Crippen molar-refractivity contribution in [3.05, 3.63) is 46.3 Å². The zero-order chi connectivity index (χ0) is 18.4. The fourth-order valence-corrected chi connectivity index (χ4v) is 5.30. The molecule has 1 aromatic carbocycles. The predicted octanol–water partition coefficient (Wildman–Crippen LogP) is 4.01. The summed E-state index contributed by atoms with van der Waals surface area (Å²) in [7, 11) is 0. The van der Waals surface area contributed by atoms with Crippen molar-refractivity contribution in [2.75, 3.05) is 13.1 Å². The molecular weight excluding hydrogens is 351 g/mol. The van der Waals surface area contributed by atoms with E-state index in [0.717, 1.165) is 13.1 Å². The van der Waals surface area contributed by atoms with Gasteiger partial charge in [0.25, 0.3) is 0 Å². The van der Waals surface area contributed by atoms with Crippen molar-refractivity contribution in [1.82, 2.24) is 19.5 Å². The van der Waals surface area contributed by atoms with Crippen LogP contribution in [0.3, 0.4) is 0 Å². The van der Waals surface area contributed by atoms with Crippen molar-refractivity contribution < 1.29 is 9.50 Å². The van der Waals surface area contributed by atoms with Gasteiger partial charge in [0.2, 0.25) is 10.8 Å². The Balaban J connectivity index is 1.85. The summed E-state index contributed by atoms with van der Waals surface area (Å²) in [6, 6.07) is 6.50. The topological polar surface area (TPSA) is 53.7 Å². The third-order valence-corrected chi connectivity index (χ3v) is 6.09. The Morgan fingerprint density at radius 1 is 1.23 bits per heavy atom. The van der Waals surface area contributed by atoms with Gasteiger partial charge in [-0.15, -0.1) is 5.10 Å². The van der Waals surface area contributed by atoms with Crippen LogP contribution in [-0.4, -0.2) is 37.7 Å². The van der Waals surface area contributed by atoms with Crippen LogP contribution < -0.4 is 0 Å². The Morgan fingerprint density at radius 3 is 2.58 bits per heavy atom. The Labute approximate surface area is 156 Å². The highest BCUT2D eigenvalue weighted by atomic mass is 32.1. The van der Waals surface area contributed by atoms with E-state index in [-0.39, 0.29) is 17.7 Å². The summed E-state index contributed by atoms with van der Waals surface area (Å²) < 4.78 is 16.2. The van der Waals surface area contributed by atoms with Crippen LogP contribution >= 0.6 is 11.3 Å². The molecule has 0 bridgehead atoms. The molecule has 3 atom stereocenters. The normalized spacial score (nSPS) is 22.8. The molecule has 4 rings (SSSR count). The highest BCUT2D eigenvalue weighted by Crippen LogP contribution is 2.42. The van der Waals surface area contributed by atoms with E-state index in [1.54, 1.807) is 13.0 Å². The molecule has 3 aromatic rings. The molecular formula is C19H23FN4OS. The number of thiazole rings is 1. The number of aryl methyl sites for hydroxylation is 1. The number of piperidine rings is 1. The first-order valence-electron chi connectivity index (χ1n) is 8.97. The van der Waals surface area contributed by atoms with Crippen molar-refractivity contribution >= 4 is 16.3 Å². The highest BCUT2D eigenvalue weighted by molar-refractivity contribution is 7.17. The van der Waals surface area contributed by atoms with Crippen LogP contribution in [0.1, 0.15) is 42.6 Å². The molecule has 26 heavy (non-hydrogen) atoms. The number of likely N-dealkylation sites (tertiary alicyclic amines) is 1. The maximum atomic E-state index is 14.7. The molecule has 138 valence electrons. The van der Waals surface area contributed by atoms with Crippen molar-refractivity contribution in [2.24, 2.45) is 11.8 Å². The largest absolute Gasteiger partial charge is 0.492 e. The second kappa shape index (κ2) is 6.63. The van der Waals surface area contributed by atoms with Gasteiger partial charge < -0.3 is 5.11 Å². The molecule has 1 saturated heterocycles. The first-order valence-corrected chi connectivity index (χ1v) is 9.79. The molecule has 1 aliphatic heterocycles. The molecule has 0 aliphatic carbocycles. The van der Waals surface area contributed by atoms with E-state index in [2.05, 4.69) is 28.8 Å². The maximum absolute atomic E-state index is 14.7. The van der Waals surface area contributed by atoms with Crippen molar-refractivity contribution in [3.63, 3.8) is 0 Å². The molecule has 0 spiro atoms. The molecule has 7 heteroatoms. The second-order valence-corrected chi connectivity index (χ2v) is 8.48. The van der Waals surface area contributed by atoms with Gasteiger partial charge in [-0.1, -0.05) is 43.4 Å². The van der Waals surface area contributed by atoms with Crippen molar-refractivity contribution in [1.29, 1.82) is 0 Å². The summed E-state index contributed by atoms with van der Waals surface area (Å²) in [6.45, 7) is 7.99. The summed E-state index contributed by atoms with van der Waals surface area (Å²) in [5.41, 5.74) is 0.588. The fourth-order valence-electron chi connectivity index (χ4n) is 4.15. The summed E-state index contributed by atoms with van der Waals surface area (Å²) >= 11 is 1.38. The Bertz CT molecular complexity index is 927. The number of hydrogen-bond acceptors (Lipinski definition) is 5. The van der Waals surface area contributed by atoms with Gasteiger partial charge in [-0.05, 0) is 31.2 Å². The lowest BCUT2D eigenvalue weighted by atomic mass is 9.89. The molecule has 2 aromatic heterocycles. The molecule has 0 radical (unpaired) electrons. The standard InChI is InChI=1S/C19H23FN4OS/c1-11-8-12(2)10-23(9-11)16(14-6-4-5-7-15(14)20)17-18(25)24-19(26-17)21-13(3)22-24/h4-7,11-12,16,25H,8-10H2,1-3H3/t11-,12-,16+/m1/s1. The van der Waals surface area contributed by atoms with Crippen molar-refractivity contribution in [2.45, 2.75) is 33.2 Å². The number of nitrogens with zero attached hydrogens (tertiary/aromatic N) is 4. The Kier molecular flexibility index (Phi) is 4.44. The molecule has 1 fully saturated rings. The van der Waals surface area contributed by atoms with Crippen LogP contribution in [0.5, 0.6) is 5.88 Å². The van der Waals surface area contributed by atoms with Crippen LogP contribution in [0.25, 0.3) is 4.96 Å². The van der Waals surface area contributed by atoms with Gasteiger partial charge in [0.05, 0.1) is 10.9 Å². The first kappa shape index (κ1) is 17.4. The van der Waals surface area contributed by atoms with E-state index in [0.29, 0.717) is 33.1 Å². The lowest BCUT2D eigenvalue weighted by Gasteiger charge is -2.40. The predicted molar refractivity (Wildman–Crippen MR) is 100 cm³/mol. The second-order valence-electron chi connectivity index (χ2n) is 7.47. The van der Waals surface area contributed by atoms with Gasteiger partial charge in [-0.25, -0.2) is 9.37 Å². The van der Waals surface area contributed by atoms with Gasteiger partial charge in [0, 0.05) is 18.7 Å². The molecule has 1 N–H and O–H groups in total. The summed E-state index contributed by atoms with van der Waals surface area (Å²) in [6.07, 6.45) is 1.17. The number of rotatable bonds is 3. The van der Waals surface area contributed by atoms with E-state index in [9.17, 15) is 9.50 Å². The van der Waals surface area contributed by atoms with Crippen LogP contribution in [-0.2, 0) is 0 Å². The summed E-state index contributed by atoms with van der Waals surface area (Å²) in [5, 5.41) is 15.1. The van der Waals surface area contributed by atoms with E-state index in [1.807, 2.05) is 12.1 Å². The minimum Gasteiger partial charge on any atom is -0.492 e. The average Bonchev–Trinajstić information content (AvgIpc) is 3.07. The molecule has 0 saturated carbocycles. The van der Waals surface area contributed by atoms with Gasteiger partial charge in [-0.2, -0.15) is 4.52 Å². The quantitative estimate of drug-likeness (QED) is 0.753. The van der Waals surface area contributed by atoms with Gasteiger partial charge in [0.15, 0.2) is 0 Å². The zero-order valence-electron chi connectivity index (χ0n) is 15.2. The molecule has 0 amide bonds. The number of aromatic nitrogens is 3. The molecule has 0 unspecified atom stereocenters. The lowest BCUT2D eigenvalue weighted by Crippen LogP contribution is -2.41. The molecule has 5 nitrogen and oxygen atoms in total. The maximum Gasteiger partial charge on any atom is 0.230 e. The third kappa shape index (κ3) is 2.99. The Morgan fingerprint density at radius 2 is 1.92 bits per heavy atom. The van der Waals surface area contributed by atoms with E-state index in [4.69, 9.17) is 0 Å². The molecule has 3 heterocycles. The highest BCUT2D eigenvalue weighted by Gasteiger charge is 2.34. The zero-order valence-corrected chi connectivity index (χ0v) is 16.0. The third-order valence-electron chi connectivity index (χ3n) is 5.02. The lowest BCUT2D eigenvalue weighted by molar-refractivity contribution is 0.110. The number of benzene rings is 1. The van der Waals surface area contributed by atoms with E-state index >= 15 is 0 Å². The van der Waals surface area contributed by atoms with E-state index < -0.39 is 0 Å². The molecule has 1 aliphatic rings. The summed E-state index contributed by atoms with van der Waals surface area (Å²) in [4.78, 5) is 7.99. The van der Waals surface area contributed by atoms with Crippen LogP contribution in [0.4, 0.5) is 4.39 Å². The number of fused-ring (bicyclic) bond motifs is 1. The first-order chi connectivity index (χ1) is 12.4. The van der Waals surface area contributed by atoms with Gasteiger partial charge >= 0.3 is 0 Å². The smallest absolute Gasteiger partial charge is 0.230 e. The van der Waals surface area contributed by atoms with Crippen molar-refractivity contribution in [3.8, 4) is 5.88 Å². The summed E-state index contributed by atoms with van der Waals surface area (Å²) in [5.74, 6) is 1.47. The van der Waals surface area contributed by atoms with E-state index in [1.165, 1.54) is 28.3 Å². The number of halogens is 1. The average molecular weight is 374 g/mol. The fraction of sp³-hybridized carbons (Fsp3) is 0.474. The Hall–Kier alpha value is -1.99. The number of aromatic hydroxyl groups is 1. The van der Waals surface area contributed by atoms with Crippen LogP contribution in [0, 0.1) is 24.6 Å². The van der Waals surface area contributed by atoms with Gasteiger partial charge in [-0.3, -0.25) is 4.90 Å². The minimum absolute atomic E-state index is 0.0599. The minimum atomic E-state index is -0.338. The SMILES string of the molecule is Cc1nc2sc([C@H](c3ccccc3F)N3C[C@H](C)C[C@@H](C)C3)c(O)n2n1. The van der Waals surface area contributed by atoms with Gasteiger partial charge in [0.1, 0.15) is 11.6 Å². The number of hydrogen-bond donors (Lipinski definition) is 1. The monoisotopic (exact) mass is 374 g/mol. The van der Waals surface area contributed by atoms with Crippen LogP contribution in [0.2, 0.25) is 0 Å². The van der Waals surface area contributed by atoms with Crippen LogP contribution in [0.15, 0.2) is 24.3 Å².